The number of carbonyl (C=O) groups is 2. The molecule has 0 unspecified atom stereocenters. The van der Waals surface area contributed by atoms with Crippen LogP contribution in [0.2, 0.25) is 5.02 Å². The summed E-state index contributed by atoms with van der Waals surface area (Å²) >= 11 is 6.00. The molecule has 0 heterocycles. The molecule has 0 aliphatic carbocycles. The van der Waals surface area contributed by atoms with Crippen LogP contribution in [0.3, 0.4) is 0 Å². The minimum absolute atomic E-state index is 0.357. The molecule has 2 rings (SSSR count). The van der Waals surface area contributed by atoms with Crippen LogP contribution in [-0.2, 0) is 14.3 Å². The first-order valence-electron chi connectivity index (χ1n) is 8.75. The van der Waals surface area contributed by atoms with Crippen LogP contribution in [0, 0.1) is 0 Å². The molecule has 7 nitrogen and oxygen atoms in total. The van der Waals surface area contributed by atoms with Crippen LogP contribution in [0.4, 0.5) is 5.69 Å². The fourth-order valence-electron chi connectivity index (χ4n) is 2.35. The van der Waals surface area contributed by atoms with Crippen molar-refractivity contribution in [2.45, 2.75) is 6.92 Å². The lowest BCUT2D eigenvalue weighted by Gasteiger charge is -2.09. The third-order valence-electron chi connectivity index (χ3n) is 3.68. The molecule has 1 amide bonds. The van der Waals surface area contributed by atoms with Crippen LogP contribution >= 0.6 is 11.6 Å². The van der Waals surface area contributed by atoms with Crippen LogP contribution in [0.25, 0.3) is 6.08 Å². The molecule has 0 saturated heterocycles. The van der Waals surface area contributed by atoms with Crippen LogP contribution in [0.1, 0.15) is 12.5 Å². The van der Waals surface area contributed by atoms with Gasteiger partial charge in [-0.25, -0.2) is 4.79 Å². The number of esters is 1. The van der Waals surface area contributed by atoms with E-state index in [4.69, 9.17) is 30.5 Å². The minimum atomic E-state index is -0.652. The molecule has 0 aromatic heterocycles. The van der Waals surface area contributed by atoms with E-state index in [0.29, 0.717) is 34.6 Å². The van der Waals surface area contributed by atoms with E-state index in [1.165, 1.54) is 20.3 Å². The van der Waals surface area contributed by atoms with Gasteiger partial charge in [0.1, 0.15) is 5.75 Å². The third kappa shape index (κ3) is 6.73. The molecular weight excluding hydrogens is 398 g/mol. The predicted molar refractivity (Wildman–Crippen MR) is 111 cm³/mol. The number of hydrogen-bond acceptors (Lipinski definition) is 6. The number of nitrogens with one attached hydrogen (secondary N) is 1. The predicted octanol–water partition coefficient (Wildman–Crippen LogP) is 3.95. The quantitative estimate of drug-likeness (QED) is 0.489. The van der Waals surface area contributed by atoms with Gasteiger partial charge in [0.25, 0.3) is 5.91 Å². The molecule has 29 heavy (non-hydrogen) atoms. The zero-order chi connectivity index (χ0) is 21.2. The Kier molecular flexibility index (Phi) is 8.36. The maximum Gasteiger partial charge on any atom is 0.331 e. The number of hydrogen-bond donors (Lipinski definition) is 1. The van der Waals surface area contributed by atoms with Gasteiger partial charge in [0.05, 0.1) is 25.8 Å². The topological polar surface area (TPSA) is 83.1 Å². The van der Waals surface area contributed by atoms with E-state index in [1.54, 1.807) is 42.5 Å². The van der Waals surface area contributed by atoms with Gasteiger partial charge in [-0.2, -0.15) is 0 Å². The van der Waals surface area contributed by atoms with E-state index < -0.39 is 18.5 Å². The lowest BCUT2D eigenvalue weighted by atomic mass is 10.2. The minimum Gasteiger partial charge on any atom is -0.495 e. The first-order chi connectivity index (χ1) is 14.0. The SMILES string of the molecule is CCOc1ccc(/C=C/C(=O)OCC(=O)Nc2ccc(OC)c(Cl)c2)cc1OC. The average molecular weight is 420 g/mol. The van der Waals surface area contributed by atoms with Crippen LogP contribution < -0.4 is 19.5 Å². The fraction of sp³-hybridized carbons (Fsp3) is 0.238. The summed E-state index contributed by atoms with van der Waals surface area (Å²) in [5, 5.41) is 2.94. The molecule has 0 fully saturated rings. The number of ether oxygens (including phenoxy) is 4. The van der Waals surface area contributed by atoms with Crippen molar-refractivity contribution < 1.29 is 28.5 Å². The van der Waals surface area contributed by atoms with E-state index in [2.05, 4.69) is 5.32 Å². The molecule has 0 radical (unpaired) electrons. The number of amides is 1. The summed E-state index contributed by atoms with van der Waals surface area (Å²) in [4.78, 5) is 23.8. The highest BCUT2D eigenvalue weighted by Gasteiger charge is 2.08. The van der Waals surface area contributed by atoms with Crippen molar-refractivity contribution in [3.8, 4) is 17.2 Å². The van der Waals surface area contributed by atoms with E-state index in [-0.39, 0.29) is 0 Å². The summed E-state index contributed by atoms with van der Waals surface area (Å²) in [5.41, 5.74) is 1.19. The molecule has 0 aliphatic rings. The number of anilines is 1. The molecule has 8 heteroatoms. The van der Waals surface area contributed by atoms with Crippen LogP contribution in [-0.4, -0.2) is 39.3 Å². The summed E-state index contributed by atoms with van der Waals surface area (Å²) < 4.78 is 20.7. The van der Waals surface area contributed by atoms with E-state index in [1.807, 2.05) is 6.92 Å². The van der Waals surface area contributed by atoms with Crippen molar-refractivity contribution in [3.63, 3.8) is 0 Å². The largest absolute Gasteiger partial charge is 0.495 e. The number of methoxy groups -OCH3 is 2. The Morgan fingerprint density at radius 2 is 1.76 bits per heavy atom. The first kappa shape index (κ1) is 22.1. The van der Waals surface area contributed by atoms with Gasteiger partial charge >= 0.3 is 5.97 Å². The van der Waals surface area contributed by atoms with Gasteiger partial charge in [-0.05, 0) is 48.9 Å². The second-order valence-electron chi connectivity index (χ2n) is 5.68. The second-order valence-corrected chi connectivity index (χ2v) is 6.09. The van der Waals surface area contributed by atoms with E-state index in [9.17, 15) is 9.59 Å². The molecule has 0 bridgehead atoms. The monoisotopic (exact) mass is 419 g/mol. The van der Waals surface area contributed by atoms with E-state index >= 15 is 0 Å². The number of halogens is 1. The average Bonchev–Trinajstić information content (AvgIpc) is 2.71. The lowest BCUT2D eigenvalue weighted by molar-refractivity contribution is -0.142. The lowest BCUT2D eigenvalue weighted by Crippen LogP contribution is -2.20. The molecule has 2 aromatic rings. The molecule has 0 aliphatic heterocycles. The maximum absolute atomic E-state index is 11.9. The molecule has 0 atom stereocenters. The third-order valence-corrected chi connectivity index (χ3v) is 3.98. The summed E-state index contributed by atoms with van der Waals surface area (Å²) in [6, 6.07) is 10.0. The van der Waals surface area contributed by atoms with Crippen molar-refractivity contribution in [1.29, 1.82) is 0 Å². The first-order valence-corrected chi connectivity index (χ1v) is 9.13. The summed E-state index contributed by atoms with van der Waals surface area (Å²) in [7, 11) is 3.03. The molecule has 0 spiro atoms. The van der Waals surface area contributed by atoms with Gasteiger partial charge in [0.15, 0.2) is 18.1 Å². The van der Waals surface area contributed by atoms with Crippen molar-refractivity contribution in [2.24, 2.45) is 0 Å². The number of benzene rings is 2. The fourth-order valence-corrected chi connectivity index (χ4v) is 2.61. The van der Waals surface area contributed by atoms with Crippen LogP contribution in [0.15, 0.2) is 42.5 Å². The maximum atomic E-state index is 11.9. The van der Waals surface area contributed by atoms with Crippen molar-refractivity contribution in [2.75, 3.05) is 32.8 Å². The zero-order valence-electron chi connectivity index (χ0n) is 16.4. The second kappa shape index (κ2) is 11.0. The Morgan fingerprint density at radius 3 is 2.41 bits per heavy atom. The van der Waals surface area contributed by atoms with Gasteiger partial charge in [0.2, 0.25) is 0 Å². The van der Waals surface area contributed by atoms with Gasteiger partial charge in [-0.3, -0.25) is 4.79 Å². The Labute approximate surface area is 174 Å². The van der Waals surface area contributed by atoms with Crippen molar-refractivity contribution in [3.05, 3.63) is 53.1 Å². The highest BCUT2D eigenvalue weighted by Crippen LogP contribution is 2.28. The molecular formula is C21H22ClNO6. The standard InChI is InChI=1S/C21H22ClNO6/c1-4-28-18-8-5-14(11-19(18)27-3)6-10-21(25)29-13-20(24)23-15-7-9-17(26-2)16(22)12-15/h5-12H,4,13H2,1-3H3,(H,23,24)/b10-6+. The Bertz CT molecular complexity index is 897. The molecule has 0 saturated carbocycles. The molecule has 154 valence electrons. The van der Waals surface area contributed by atoms with E-state index in [0.717, 1.165) is 5.56 Å². The van der Waals surface area contributed by atoms with Gasteiger partial charge in [-0.1, -0.05) is 17.7 Å². The van der Waals surface area contributed by atoms with Crippen molar-refractivity contribution >= 4 is 35.2 Å². The molecule has 1 N–H and O–H groups in total. The summed E-state index contributed by atoms with van der Waals surface area (Å²) in [6.07, 6.45) is 2.79. The number of carbonyl (C=O) groups excluding carboxylic acids is 2. The normalized spacial score (nSPS) is 10.5. The van der Waals surface area contributed by atoms with Gasteiger partial charge in [-0.15, -0.1) is 0 Å². The van der Waals surface area contributed by atoms with Crippen molar-refractivity contribution in [1.82, 2.24) is 0 Å². The van der Waals surface area contributed by atoms with Gasteiger partial charge in [0, 0.05) is 11.8 Å². The highest BCUT2D eigenvalue weighted by atomic mass is 35.5. The summed E-state index contributed by atoms with van der Waals surface area (Å²) in [6.45, 7) is 1.96. The Hall–Kier alpha value is -3.19. The smallest absolute Gasteiger partial charge is 0.331 e. The Morgan fingerprint density at radius 1 is 1.03 bits per heavy atom. The number of rotatable bonds is 9. The molecule has 2 aromatic carbocycles. The zero-order valence-corrected chi connectivity index (χ0v) is 17.1. The Balaban J connectivity index is 1.87. The van der Waals surface area contributed by atoms with Crippen LogP contribution in [0.5, 0.6) is 17.2 Å². The highest BCUT2D eigenvalue weighted by molar-refractivity contribution is 6.32. The van der Waals surface area contributed by atoms with Gasteiger partial charge < -0.3 is 24.3 Å². The summed E-state index contributed by atoms with van der Waals surface area (Å²) in [5.74, 6) is 0.522.